The van der Waals surface area contributed by atoms with Crippen molar-refractivity contribution in [3.63, 3.8) is 0 Å². The average Bonchev–Trinajstić information content (AvgIpc) is 2.33. The molecule has 0 atom stereocenters. The van der Waals surface area contributed by atoms with E-state index in [4.69, 9.17) is 11.0 Å². The number of pyridine rings is 1. The van der Waals surface area contributed by atoms with Gasteiger partial charge < -0.3 is 11.1 Å². The molecule has 0 amide bonds. The van der Waals surface area contributed by atoms with Crippen molar-refractivity contribution in [2.75, 3.05) is 11.1 Å². The molecule has 1 aromatic heterocycles. The summed E-state index contributed by atoms with van der Waals surface area (Å²) < 4.78 is 14.0. The van der Waals surface area contributed by atoms with E-state index in [1.807, 2.05) is 6.07 Å². The molecular formula is C12H8BrFN4. The fourth-order valence-corrected chi connectivity index (χ4v) is 1.88. The Hall–Kier alpha value is -2.13. The molecule has 2 aromatic rings. The summed E-state index contributed by atoms with van der Waals surface area (Å²) in [7, 11) is 0. The van der Waals surface area contributed by atoms with Crippen LogP contribution in [0.3, 0.4) is 0 Å². The predicted octanol–water partition coefficient (Wildman–Crippen LogP) is 3.18. The number of anilines is 3. The molecule has 0 fully saturated rings. The molecule has 0 spiro atoms. The lowest BCUT2D eigenvalue weighted by molar-refractivity contribution is 0.624. The Morgan fingerprint density at radius 2 is 2.22 bits per heavy atom. The van der Waals surface area contributed by atoms with Crippen LogP contribution in [0.2, 0.25) is 0 Å². The summed E-state index contributed by atoms with van der Waals surface area (Å²) in [5.74, 6) is -0.111. The van der Waals surface area contributed by atoms with Crippen molar-refractivity contribution in [1.29, 1.82) is 5.26 Å². The fourth-order valence-electron chi connectivity index (χ4n) is 1.41. The van der Waals surface area contributed by atoms with Gasteiger partial charge in [0.25, 0.3) is 0 Å². The highest BCUT2D eigenvalue weighted by molar-refractivity contribution is 9.10. The van der Waals surface area contributed by atoms with E-state index in [2.05, 4.69) is 26.2 Å². The van der Waals surface area contributed by atoms with E-state index in [0.29, 0.717) is 21.7 Å². The third-order valence-corrected chi connectivity index (χ3v) is 2.85. The first kappa shape index (κ1) is 12.3. The lowest BCUT2D eigenvalue weighted by Gasteiger charge is -2.09. The third kappa shape index (κ3) is 2.41. The number of rotatable bonds is 2. The molecular weight excluding hydrogens is 299 g/mol. The minimum absolute atomic E-state index is 0.0528. The predicted molar refractivity (Wildman–Crippen MR) is 70.7 cm³/mol. The van der Waals surface area contributed by atoms with Crippen LogP contribution in [0.5, 0.6) is 0 Å². The van der Waals surface area contributed by atoms with Crippen LogP contribution in [0.15, 0.2) is 34.9 Å². The number of nitrogens with zero attached hydrogens (tertiary/aromatic N) is 2. The first-order valence-electron chi connectivity index (χ1n) is 4.98. The molecule has 6 heteroatoms. The van der Waals surface area contributed by atoms with Crippen molar-refractivity contribution < 1.29 is 4.39 Å². The van der Waals surface area contributed by atoms with Crippen LogP contribution in [0, 0.1) is 17.1 Å². The van der Waals surface area contributed by atoms with Gasteiger partial charge >= 0.3 is 0 Å². The Balaban J connectivity index is 2.41. The fraction of sp³-hybridized carbons (Fsp3) is 0. The van der Waals surface area contributed by atoms with Gasteiger partial charge in [0.2, 0.25) is 0 Å². The van der Waals surface area contributed by atoms with Crippen LogP contribution in [-0.2, 0) is 0 Å². The van der Waals surface area contributed by atoms with Gasteiger partial charge in [-0.25, -0.2) is 9.37 Å². The molecule has 0 bridgehead atoms. The van der Waals surface area contributed by atoms with Crippen LogP contribution in [0.25, 0.3) is 0 Å². The lowest BCUT2D eigenvalue weighted by Crippen LogP contribution is -1.99. The molecule has 1 aromatic carbocycles. The van der Waals surface area contributed by atoms with Gasteiger partial charge in [-0.1, -0.05) is 6.07 Å². The maximum Gasteiger partial charge on any atom is 0.144 e. The quantitative estimate of drug-likeness (QED) is 0.893. The van der Waals surface area contributed by atoms with E-state index in [1.54, 1.807) is 12.1 Å². The van der Waals surface area contributed by atoms with Crippen LogP contribution in [0.4, 0.5) is 21.6 Å². The van der Waals surface area contributed by atoms with E-state index in [9.17, 15) is 4.39 Å². The molecule has 0 aliphatic heterocycles. The number of nitriles is 1. The molecule has 0 saturated heterocycles. The summed E-state index contributed by atoms with van der Waals surface area (Å²) >= 11 is 3.29. The van der Waals surface area contributed by atoms with E-state index < -0.39 is 5.82 Å². The minimum Gasteiger partial charge on any atom is -0.397 e. The summed E-state index contributed by atoms with van der Waals surface area (Å²) in [6.45, 7) is 0. The molecule has 90 valence electrons. The highest BCUT2D eigenvalue weighted by Gasteiger charge is 2.10. The Labute approximate surface area is 111 Å². The zero-order chi connectivity index (χ0) is 13.1. The van der Waals surface area contributed by atoms with Gasteiger partial charge in [-0.05, 0) is 34.1 Å². The molecule has 2 rings (SSSR count). The smallest absolute Gasteiger partial charge is 0.144 e. The topological polar surface area (TPSA) is 74.7 Å². The third-order valence-electron chi connectivity index (χ3n) is 2.24. The standard InChI is InChI=1S/C12H8BrFN4/c13-9-4-7(16)6-17-12(9)18-11-3-1-2-10(14)8(11)5-15/h1-4,6H,16H2,(H,17,18). The second-order valence-electron chi connectivity index (χ2n) is 3.50. The Kier molecular flexibility index (Phi) is 3.44. The molecule has 0 unspecified atom stereocenters. The summed E-state index contributed by atoms with van der Waals surface area (Å²) in [6, 6.07) is 7.83. The zero-order valence-electron chi connectivity index (χ0n) is 9.11. The van der Waals surface area contributed by atoms with E-state index in [-0.39, 0.29) is 5.56 Å². The van der Waals surface area contributed by atoms with Crippen molar-refractivity contribution in [2.24, 2.45) is 0 Å². The first-order valence-corrected chi connectivity index (χ1v) is 5.78. The normalized spacial score (nSPS) is 9.83. The number of halogens is 2. The van der Waals surface area contributed by atoms with Gasteiger partial charge in [0, 0.05) is 0 Å². The number of aromatic nitrogens is 1. The number of hydrogen-bond donors (Lipinski definition) is 2. The van der Waals surface area contributed by atoms with Crippen molar-refractivity contribution in [3.05, 3.63) is 46.3 Å². The van der Waals surface area contributed by atoms with Gasteiger partial charge in [-0.2, -0.15) is 5.26 Å². The Morgan fingerprint density at radius 1 is 1.44 bits per heavy atom. The monoisotopic (exact) mass is 306 g/mol. The summed E-state index contributed by atoms with van der Waals surface area (Å²) in [4.78, 5) is 4.06. The molecule has 18 heavy (non-hydrogen) atoms. The molecule has 0 radical (unpaired) electrons. The maximum absolute atomic E-state index is 13.4. The first-order chi connectivity index (χ1) is 8.61. The highest BCUT2D eigenvalue weighted by atomic mass is 79.9. The van der Waals surface area contributed by atoms with Gasteiger partial charge in [0.1, 0.15) is 23.3 Å². The van der Waals surface area contributed by atoms with Gasteiger partial charge in [-0.3, -0.25) is 0 Å². The minimum atomic E-state index is -0.575. The summed E-state index contributed by atoms with van der Waals surface area (Å²) in [5, 5.41) is 11.8. The SMILES string of the molecule is N#Cc1c(F)cccc1Nc1ncc(N)cc1Br. The second-order valence-corrected chi connectivity index (χ2v) is 4.35. The molecule has 0 aliphatic rings. The number of nitrogens with two attached hydrogens (primary N) is 1. The Bertz CT molecular complexity index is 636. The van der Waals surface area contributed by atoms with Crippen LogP contribution >= 0.6 is 15.9 Å². The largest absolute Gasteiger partial charge is 0.397 e. The van der Waals surface area contributed by atoms with Crippen LogP contribution < -0.4 is 11.1 Å². The number of nitrogen functional groups attached to an aromatic ring is 1. The van der Waals surface area contributed by atoms with Crippen LogP contribution in [0.1, 0.15) is 5.56 Å². The molecule has 0 saturated carbocycles. The summed E-state index contributed by atoms with van der Waals surface area (Å²) in [5.41, 5.74) is 6.38. The molecule has 1 heterocycles. The number of hydrogen-bond acceptors (Lipinski definition) is 4. The van der Waals surface area contributed by atoms with E-state index in [1.165, 1.54) is 18.3 Å². The maximum atomic E-state index is 13.4. The van der Waals surface area contributed by atoms with Crippen molar-refractivity contribution in [2.45, 2.75) is 0 Å². The highest BCUT2D eigenvalue weighted by Crippen LogP contribution is 2.27. The summed E-state index contributed by atoms with van der Waals surface area (Å²) in [6.07, 6.45) is 1.47. The van der Waals surface area contributed by atoms with Crippen molar-refractivity contribution in [3.8, 4) is 6.07 Å². The second kappa shape index (κ2) is 5.02. The van der Waals surface area contributed by atoms with Crippen LogP contribution in [-0.4, -0.2) is 4.98 Å². The lowest BCUT2D eigenvalue weighted by atomic mass is 10.2. The van der Waals surface area contributed by atoms with Gasteiger partial charge in [0.15, 0.2) is 0 Å². The average molecular weight is 307 g/mol. The number of nitrogens with one attached hydrogen (secondary N) is 1. The molecule has 0 aliphatic carbocycles. The Morgan fingerprint density at radius 3 is 2.89 bits per heavy atom. The zero-order valence-corrected chi connectivity index (χ0v) is 10.7. The van der Waals surface area contributed by atoms with Crippen molar-refractivity contribution >= 4 is 33.1 Å². The molecule has 4 nitrogen and oxygen atoms in total. The van der Waals surface area contributed by atoms with Gasteiger partial charge in [-0.15, -0.1) is 0 Å². The molecule has 3 N–H and O–H groups in total. The van der Waals surface area contributed by atoms with E-state index in [0.717, 1.165) is 0 Å². The van der Waals surface area contributed by atoms with E-state index >= 15 is 0 Å². The van der Waals surface area contributed by atoms with Gasteiger partial charge in [0.05, 0.1) is 22.0 Å². The number of benzene rings is 1. The van der Waals surface area contributed by atoms with Crippen molar-refractivity contribution in [1.82, 2.24) is 4.98 Å².